The molecule has 0 N–H and O–H groups in total. The van der Waals surface area contributed by atoms with Gasteiger partial charge in [0.05, 0.1) is 10.6 Å². The van der Waals surface area contributed by atoms with Crippen LogP contribution >= 0.6 is 11.6 Å². The van der Waals surface area contributed by atoms with Gasteiger partial charge in [0.25, 0.3) is 0 Å². The third-order valence-corrected chi connectivity index (χ3v) is 5.73. The minimum atomic E-state index is 0.482. The number of hydrogen-bond donors (Lipinski definition) is 0. The molecule has 0 amide bonds. The molecule has 29 heavy (non-hydrogen) atoms. The van der Waals surface area contributed by atoms with Crippen LogP contribution < -0.4 is 0 Å². The molecule has 0 aliphatic rings. The average Bonchev–Trinajstić information content (AvgIpc) is 2.79. The van der Waals surface area contributed by atoms with Crippen molar-refractivity contribution in [2.24, 2.45) is 0 Å². The summed E-state index contributed by atoms with van der Waals surface area (Å²) in [6.07, 6.45) is 0. The number of halogens is 1. The van der Waals surface area contributed by atoms with Crippen molar-refractivity contribution in [2.75, 3.05) is 0 Å². The van der Waals surface area contributed by atoms with Crippen LogP contribution in [-0.2, 0) is 0 Å². The predicted octanol–water partition coefficient (Wildman–Crippen LogP) is 7.85. The van der Waals surface area contributed by atoms with Crippen molar-refractivity contribution in [1.82, 2.24) is 0 Å². The first-order valence-corrected chi connectivity index (χ1v) is 9.83. The highest BCUT2D eigenvalue weighted by atomic mass is 35.5. The van der Waals surface area contributed by atoms with Gasteiger partial charge in [0, 0.05) is 0 Å². The van der Waals surface area contributed by atoms with E-state index in [2.05, 4.69) is 84.9 Å². The van der Waals surface area contributed by atoms with Crippen LogP contribution in [0, 0.1) is 11.3 Å². The van der Waals surface area contributed by atoms with Gasteiger partial charge in [-0.2, -0.15) is 5.26 Å². The Morgan fingerprint density at radius 1 is 0.586 bits per heavy atom. The molecular weight excluding hydrogens is 374 g/mol. The van der Waals surface area contributed by atoms with Crippen molar-refractivity contribution in [1.29, 1.82) is 5.26 Å². The zero-order chi connectivity index (χ0) is 19.8. The second-order valence-electron chi connectivity index (χ2n) is 7.07. The van der Waals surface area contributed by atoms with Crippen molar-refractivity contribution >= 4 is 33.1 Å². The van der Waals surface area contributed by atoms with Crippen LogP contribution in [0.15, 0.2) is 97.1 Å². The molecule has 2 heteroatoms. The molecule has 0 saturated heterocycles. The summed E-state index contributed by atoms with van der Waals surface area (Å²) in [5, 5.41) is 14.7. The van der Waals surface area contributed by atoms with E-state index in [1.807, 2.05) is 12.1 Å². The fourth-order valence-corrected chi connectivity index (χ4v) is 4.08. The van der Waals surface area contributed by atoms with Crippen LogP contribution in [0.2, 0.25) is 5.02 Å². The normalized spacial score (nSPS) is 10.9. The summed E-state index contributed by atoms with van der Waals surface area (Å²) in [6, 6.07) is 35.5. The van der Waals surface area contributed by atoms with Gasteiger partial charge in [-0.1, -0.05) is 96.5 Å². The Balaban J connectivity index is 1.61. The Hall–Kier alpha value is -3.60. The second kappa shape index (κ2) is 7.09. The van der Waals surface area contributed by atoms with E-state index in [0.717, 1.165) is 11.1 Å². The first kappa shape index (κ1) is 17.5. The van der Waals surface area contributed by atoms with Crippen molar-refractivity contribution < 1.29 is 0 Å². The zero-order valence-corrected chi connectivity index (χ0v) is 16.3. The lowest BCUT2D eigenvalue weighted by Gasteiger charge is -2.11. The Labute approximate surface area is 174 Å². The monoisotopic (exact) mass is 389 g/mol. The Morgan fingerprint density at radius 2 is 1.31 bits per heavy atom. The average molecular weight is 390 g/mol. The van der Waals surface area contributed by atoms with Gasteiger partial charge in [0.1, 0.15) is 6.07 Å². The molecule has 0 unspecified atom stereocenters. The summed E-state index contributed by atoms with van der Waals surface area (Å²) in [5.41, 5.74) is 4.93. The molecule has 0 heterocycles. The van der Waals surface area contributed by atoms with Crippen LogP contribution in [-0.4, -0.2) is 0 Å². The van der Waals surface area contributed by atoms with Crippen molar-refractivity contribution in [3.8, 4) is 28.3 Å². The van der Waals surface area contributed by atoms with Crippen LogP contribution in [0.25, 0.3) is 43.8 Å². The molecule has 0 radical (unpaired) electrons. The molecule has 0 fully saturated rings. The van der Waals surface area contributed by atoms with Gasteiger partial charge in [0.15, 0.2) is 0 Å². The summed E-state index contributed by atoms with van der Waals surface area (Å²) in [6.45, 7) is 0. The molecule has 0 aliphatic heterocycles. The molecule has 0 atom stereocenters. The van der Waals surface area contributed by atoms with Gasteiger partial charge in [-0.05, 0) is 55.9 Å². The molecule has 5 aromatic carbocycles. The first-order chi connectivity index (χ1) is 14.2. The third kappa shape index (κ3) is 3.05. The molecule has 5 aromatic rings. The molecule has 5 rings (SSSR count). The van der Waals surface area contributed by atoms with Gasteiger partial charge in [-0.3, -0.25) is 0 Å². The smallest absolute Gasteiger partial charge is 0.101 e. The number of nitrogens with zero attached hydrogens (tertiary/aromatic N) is 1. The van der Waals surface area contributed by atoms with Gasteiger partial charge in [-0.25, -0.2) is 0 Å². The number of hydrogen-bond acceptors (Lipinski definition) is 1. The Kier molecular flexibility index (Phi) is 4.28. The Bertz CT molecular complexity index is 1410. The second-order valence-corrected chi connectivity index (χ2v) is 7.48. The lowest BCUT2D eigenvalue weighted by molar-refractivity contribution is 1.48. The minimum absolute atomic E-state index is 0.482. The summed E-state index contributed by atoms with van der Waals surface area (Å²) in [5.74, 6) is 0. The van der Waals surface area contributed by atoms with Gasteiger partial charge in [0.2, 0.25) is 0 Å². The van der Waals surface area contributed by atoms with E-state index in [0.29, 0.717) is 10.6 Å². The SMILES string of the molecule is N#Cc1cc(-c2ccc(-c3cccc4c3ccc3ccccc34)cc2)ccc1Cl. The van der Waals surface area contributed by atoms with Crippen molar-refractivity contribution in [2.45, 2.75) is 0 Å². The maximum absolute atomic E-state index is 9.22. The molecular formula is C27H16ClN. The highest BCUT2D eigenvalue weighted by Gasteiger charge is 2.08. The summed E-state index contributed by atoms with van der Waals surface area (Å²) in [4.78, 5) is 0. The standard InChI is InChI=1S/C27H16ClN/c28-27-15-13-21(16-22(27)17-29)18-8-10-20(11-9-18)24-6-3-7-25-23-5-2-1-4-19(23)12-14-26(24)25/h1-16H. The van der Waals surface area contributed by atoms with Crippen molar-refractivity contribution in [3.63, 3.8) is 0 Å². The van der Waals surface area contributed by atoms with E-state index in [-0.39, 0.29) is 0 Å². The highest BCUT2D eigenvalue weighted by molar-refractivity contribution is 6.31. The molecule has 0 aliphatic carbocycles. The van der Waals surface area contributed by atoms with Crippen LogP contribution in [0.4, 0.5) is 0 Å². The van der Waals surface area contributed by atoms with Crippen LogP contribution in [0.1, 0.15) is 5.56 Å². The largest absolute Gasteiger partial charge is 0.192 e. The lowest BCUT2D eigenvalue weighted by atomic mass is 9.93. The Morgan fingerprint density at radius 3 is 2.14 bits per heavy atom. The van der Waals surface area contributed by atoms with Gasteiger partial charge >= 0.3 is 0 Å². The quantitative estimate of drug-likeness (QED) is 0.282. The topological polar surface area (TPSA) is 23.8 Å². The molecule has 0 spiro atoms. The van der Waals surface area contributed by atoms with E-state index in [1.54, 1.807) is 6.07 Å². The molecule has 136 valence electrons. The van der Waals surface area contributed by atoms with Crippen molar-refractivity contribution in [3.05, 3.63) is 108 Å². The third-order valence-electron chi connectivity index (χ3n) is 5.40. The number of fused-ring (bicyclic) bond motifs is 3. The van der Waals surface area contributed by atoms with Gasteiger partial charge < -0.3 is 0 Å². The fraction of sp³-hybridized carbons (Fsp3) is 0. The van der Waals surface area contributed by atoms with E-state index in [9.17, 15) is 5.26 Å². The minimum Gasteiger partial charge on any atom is -0.192 e. The van der Waals surface area contributed by atoms with E-state index in [1.165, 1.54) is 32.7 Å². The number of rotatable bonds is 2. The van der Waals surface area contributed by atoms with E-state index < -0.39 is 0 Å². The predicted molar refractivity (Wildman–Crippen MR) is 122 cm³/mol. The molecule has 1 nitrogen and oxygen atoms in total. The van der Waals surface area contributed by atoms with Crippen LogP contribution in [0.3, 0.4) is 0 Å². The molecule has 0 aromatic heterocycles. The van der Waals surface area contributed by atoms with Crippen LogP contribution in [0.5, 0.6) is 0 Å². The lowest BCUT2D eigenvalue weighted by Crippen LogP contribution is -1.85. The number of nitriles is 1. The molecule has 0 saturated carbocycles. The van der Waals surface area contributed by atoms with E-state index >= 15 is 0 Å². The fourth-order valence-electron chi connectivity index (χ4n) is 3.92. The molecule has 0 bridgehead atoms. The maximum Gasteiger partial charge on any atom is 0.101 e. The first-order valence-electron chi connectivity index (χ1n) is 9.45. The van der Waals surface area contributed by atoms with Gasteiger partial charge in [-0.15, -0.1) is 0 Å². The highest BCUT2D eigenvalue weighted by Crippen LogP contribution is 2.34. The summed E-state index contributed by atoms with van der Waals surface area (Å²) >= 11 is 6.06. The zero-order valence-electron chi connectivity index (χ0n) is 15.6. The number of benzene rings is 5. The van der Waals surface area contributed by atoms with E-state index in [4.69, 9.17) is 11.6 Å². The summed E-state index contributed by atoms with van der Waals surface area (Å²) in [7, 11) is 0. The maximum atomic E-state index is 9.22. The summed E-state index contributed by atoms with van der Waals surface area (Å²) < 4.78 is 0.